The Hall–Kier alpha value is -5.62. The van der Waals surface area contributed by atoms with Crippen LogP contribution >= 0.6 is 23.5 Å². The molecular weight excluding hydrogens is 920 g/mol. The van der Waals surface area contributed by atoms with Gasteiger partial charge < -0.3 is 9.38 Å². The topological polar surface area (TPSA) is 8.17 Å². The maximum absolute atomic E-state index is 2.89. The van der Waals surface area contributed by atoms with Crippen molar-refractivity contribution in [3.05, 3.63) is 162 Å². The summed E-state index contributed by atoms with van der Waals surface area (Å²) in [7, 11) is 0. The van der Waals surface area contributed by atoms with E-state index in [1.54, 1.807) is 11.1 Å². The summed E-state index contributed by atoms with van der Waals surface area (Å²) in [5.74, 6) is 1.74. The standard InChI is InChI=1S/C68H63BN2S2/c1-66(2,3)46-25-27-56(50(34-46)44-19-5-4-6-20-44)70-58-39-62-61(72-59-23-9-10-24-60(59)73-62)38-55(58)69-63-52(33-45-21-7-8-22-49(45)65(63)70)54-37-48(68-31-13-17-43(41-68)18-14-32-68)36-53-51-35-47(26-28-57(51)71(69)64(53)54)67-29-11-15-42(40-67)16-12-30-67/h4-10,19-28,33-39,42-43H,11-18,29-32,40-41H2,1-3H3. The SMILES string of the molecule is CC(C)(C)c1ccc(N2c3cc4c(cc3B3c5c(cc6ccccc6c52)-c2cc(C56CCCC(CCC5)C6)cc5c6cc(C78CCCC(CCC7)C8)ccc6n3c25)Sc2ccccc2S4)c(-c2ccccc2)c1. The van der Waals surface area contributed by atoms with Crippen LogP contribution in [0.4, 0.5) is 17.1 Å². The summed E-state index contributed by atoms with van der Waals surface area (Å²) < 4.78 is 2.89. The number of aromatic nitrogens is 1. The Morgan fingerprint density at radius 3 is 1.88 bits per heavy atom. The molecule has 3 aliphatic heterocycles. The van der Waals surface area contributed by atoms with Crippen molar-refractivity contribution in [1.29, 1.82) is 0 Å². The van der Waals surface area contributed by atoms with E-state index in [1.807, 2.05) is 23.5 Å². The Labute approximate surface area is 440 Å². The molecule has 0 amide bonds. The zero-order valence-corrected chi connectivity index (χ0v) is 44.3. The molecule has 73 heavy (non-hydrogen) atoms. The smallest absolute Gasteiger partial charge is 0.333 e. The molecule has 7 aliphatic rings. The Kier molecular flexibility index (Phi) is 9.56. The van der Waals surface area contributed by atoms with Gasteiger partial charge in [-0.3, -0.25) is 0 Å². The molecule has 0 spiro atoms. The lowest BCUT2D eigenvalue weighted by Crippen LogP contribution is -2.57. The van der Waals surface area contributed by atoms with Crippen molar-refractivity contribution in [3.8, 4) is 22.3 Å². The summed E-state index contributed by atoms with van der Waals surface area (Å²) in [5, 5.41) is 5.62. The van der Waals surface area contributed by atoms with Crippen LogP contribution in [0.15, 0.2) is 165 Å². The van der Waals surface area contributed by atoms with Crippen molar-refractivity contribution in [3.63, 3.8) is 0 Å². The van der Waals surface area contributed by atoms with Crippen molar-refractivity contribution < 1.29 is 0 Å². The maximum Gasteiger partial charge on any atom is 0.333 e. The first kappa shape index (κ1) is 43.8. The van der Waals surface area contributed by atoms with Gasteiger partial charge in [0.15, 0.2) is 0 Å². The molecule has 4 saturated carbocycles. The molecule has 1 aromatic heterocycles. The first-order valence-electron chi connectivity index (χ1n) is 28.0. The molecule has 5 heteroatoms. The lowest BCUT2D eigenvalue weighted by Gasteiger charge is -2.46. The van der Waals surface area contributed by atoms with Crippen LogP contribution in [0.3, 0.4) is 0 Å². The predicted molar refractivity (Wildman–Crippen MR) is 311 cm³/mol. The normalized spacial score (nSPS) is 23.5. The quantitative estimate of drug-likeness (QED) is 0.163. The molecule has 4 heterocycles. The van der Waals surface area contributed by atoms with Gasteiger partial charge in [0.05, 0.1) is 11.4 Å². The number of hydrogen-bond donors (Lipinski definition) is 0. The summed E-state index contributed by atoms with van der Waals surface area (Å²) >= 11 is 3.91. The van der Waals surface area contributed by atoms with Gasteiger partial charge in [0.25, 0.3) is 0 Å². The van der Waals surface area contributed by atoms with E-state index in [0.29, 0.717) is 5.41 Å². The second-order valence-corrected chi connectivity index (χ2v) is 27.0. The van der Waals surface area contributed by atoms with Gasteiger partial charge in [-0.1, -0.05) is 175 Å². The van der Waals surface area contributed by atoms with Gasteiger partial charge in [-0.25, -0.2) is 0 Å². The zero-order valence-electron chi connectivity index (χ0n) is 42.7. The maximum atomic E-state index is 2.89. The van der Waals surface area contributed by atoms with Crippen LogP contribution in [0, 0.1) is 11.8 Å². The van der Waals surface area contributed by atoms with E-state index in [0.717, 1.165) is 11.8 Å². The lowest BCUT2D eigenvalue weighted by atomic mass is 9.44. The van der Waals surface area contributed by atoms with E-state index in [4.69, 9.17) is 0 Å². The van der Waals surface area contributed by atoms with Gasteiger partial charge >= 0.3 is 6.85 Å². The monoisotopic (exact) mass is 982 g/mol. The summed E-state index contributed by atoms with van der Waals surface area (Å²) in [4.78, 5) is 8.14. The molecule has 0 saturated heterocycles. The first-order chi connectivity index (χ1) is 35.7. The molecule has 16 rings (SSSR count). The first-order valence-corrected chi connectivity index (χ1v) is 29.7. The van der Waals surface area contributed by atoms with Crippen LogP contribution in [-0.2, 0) is 16.2 Å². The van der Waals surface area contributed by atoms with Crippen LogP contribution in [0.5, 0.6) is 0 Å². The highest BCUT2D eigenvalue weighted by atomic mass is 32.2. The molecule has 0 unspecified atom stereocenters. The van der Waals surface area contributed by atoms with Crippen LogP contribution in [0.25, 0.3) is 54.8 Å². The number of hydrogen-bond acceptors (Lipinski definition) is 3. The minimum absolute atomic E-state index is 0.0144. The average molecular weight is 983 g/mol. The molecule has 0 N–H and O–H groups in total. The fraction of sp³-hybridized carbons (Fsp3) is 0.324. The number of benzene rings is 8. The Bertz CT molecular complexity index is 3780. The zero-order chi connectivity index (χ0) is 48.4. The molecule has 9 aromatic rings. The van der Waals surface area contributed by atoms with Gasteiger partial charge in [-0.15, -0.1) is 0 Å². The molecular formula is C68H63BN2S2. The third-order valence-corrected chi connectivity index (χ3v) is 22.3. The van der Waals surface area contributed by atoms with E-state index < -0.39 is 0 Å². The summed E-state index contributed by atoms with van der Waals surface area (Å²) in [6.45, 7) is 7.05. The van der Waals surface area contributed by atoms with Gasteiger partial charge in [0, 0.05) is 63.6 Å². The highest BCUT2D eigenvalue weighted by molar-refractivity contribution is 8.05. The lowest BCUT2D eigenvalue weighted by molar-refractivity contribution is 0.149. The molecule has 0 radical (unpaired) electrons. The van der Waals surface area contributed by atoms with Crippen molar-refractivity contribution in [2.45, 2.75) is 146 Å². The Balaban J connectivity index is 1.04. The van der Waals surface area contributed by atoms with Crippen molar-refractivity contribution in [2.75, 3.05) is 4.90 Å². The largest absolute Gasteiger partial charge is 0.375 e. The molecule has 360 valence electrons. The van der Waals surface area contributed by atoms with E-state index in [9.17, 15) is 0 Å². The van der Waals surface area contributed by atoms with Gasteiger partial charge in [0.2, 0.25) is 0 Å². The van der Waals surface area contributed by atoms with Crippen LogP contribution < -0.4 is 15.8 Å². The van der Waals surface area contributed by atoms with E-state index in [-0.39, 0.29) is 17.7 Å². The van der Waals surface area contributed by atoms with Crippen molar-refractivity contribution in [1.82, 2.24) is 4.48 Å². The van der Waals surface area contributed by atoms with Crippen molar-refractivity contribution >= 4 is 90.9 Å². The Morgan fingerprint density at radius 2 is 1.16 bits per heavy atom. The average Bonchev–Trinajstić information content (AvgIpc) is 3.74. The third kappa shape index (κ3) is 6.46. The van der Waals surface area contributed by atoms with Crippen LogP contribution in [0.2, 0.25) is 0 Å². The van der Waals surface area contributed by atoms with Gasteiger partial charge in [-0.2, -0.15) is 0 Å². The minimum atomic E-state index is -0.0223. The van der Waals surface area contributed by atoms with Gasteiger partial charge in [0.1, 0.15) is 0 Å². The third-order valence-electron chi connectivity index (χ3n) is 19.8. The summed E-state index contributed by atoms with van der Waals surface area (Å²) in [6, 6.07) is 58.5. The highest BCUT2D eigenvalue weighted by Gasteiger charge is 2.48. The van der Waals surface area contributed by atoms with E-state index in [1.165, 1.54) is 198 Å². The summed E-state index contributed by atoms with van der Waals surface area (Å²) in [6.07, 6.45) is 19.2. The molecule has 4 aliphatic carbocycles. The van der Waals surface area contributed by atoms with E-state index >= 15 is 0 Å². The number of fused-ring (bicyclic) bond motifs is 15. The molecule has 8 aromatic carbocycles. The molecule has 4 fully saturated rings. The molecule has 4 bridgehead atoms. The minimum Gasteiger partial charge on any atom is -0.375 e. The van der Waals surface area contributed by atoms with Gasteiger partial charge in [-0.05, 0) is 177 Å². The fourth-order valence-electron chi connectivity index (χ4n) is 16.4. The second kappa shape index (κ2) is 16.0. The Morgan fingerprint density at radius 1 is 0.521 bits per heavy atom. The van der Waals surface area contributed by atoms with Crippen LogP contribution in [-0.4, -0.2) is 11.3 Å². The second-order valence-electron chi connectivity index (χ2n) is 24.8. The number of anilines is 3. The van der Waals surface area contributed by atoms with Crippen LogP contribution in [0.1, 0.15) is 127 Å². The predicted octanol–water partition coefficient (Wildman–Crippen LogP) is 18.2. The number of rotatable bonds is 4. The summed E-state index contributed by atoms with van der Waals surface area (Å²) in [5.41, 5.74) is 20.1. The molecule has 2 nitrogen and oxygen atoms in total. The molecule has 0 atom stereocenters. The van der Waals surface area contributed by atoms with Crippen molar-refractivity contribution in [2.24, 2.45) is 11.8 Å². The van der Waals surface area contributed by atoms with E-state index in [2.05, 4.69) is 176 Å². The highest BCUT2D eigenvalue weighted by Crippen LogP contribution is 2.58. The fourth-order valence-corrected chi connectivity index (χ4v) is 18.7. The number of nitrogens with zero attached hydrogens (tertiary/aromatic N) is 2.